The molecule has 0 aliphatic heterocycles. The highest BCUT2D eigenvalue weighted by Gasteiger charge is 2.34. The molecule has 0 saturated heterocycles. The van der Waals surface area contributed by atoms with Crippen LogP contribution in [-0.2, 0) is 6.18 Å². The van der Waals surface area contributed by atoms with Gasteiger partial charge in [0.05, 0.1) is 11.6 Å². The van der Waals surface area contributed by atoms with Gasteiger partial charge in [0.2, 0.25) is 0 Å². The molecule has 1 nitrogen and oxygen atoms in total. The molecule has 106 valence electrons. The first-order chi connectivity index (χ1) is 9.32. The average Bonchev–Trinajstić information content (AvgIpc) is 2.40. The van der Waals surface area contributed by atoms with Crippen LogP contribution in [0, 0.1) is 6.92 Å². The Balaban J connectivity index is 2.55. The topological polar surface area (TPSA) is 26.0 Å². The predicted octanol–water partition coefficient (Wildman–Crippen LogP) is 4.82. The van der Waals surface area contributed by atoms with Crippen LogP contribution in [0.15, 0.2) is 46.9 Å². The lowest BCUT2D eigenvalue weighted by Gasteiger charge is -2.20. The lowest BCUT2D eigenvalue weighted by atomic mass is 9.92. The second-order valence-electron chi connectivity index (χ2n) is 4.52. The van der Waals surface area contributed by atoms with Gasteiger partial charge in [0.25, 0.3) is 0 Å². The quantitative estimate of drug-likeness (QED) is 0.830. The smallest absolute Gasteiger partial charge is 0.320 e. The molecule has 5 heteroatoms. The molecule has 0 aliphatic rings. The molecule has 20 heavy (non-hydrogen) atoms. The molecular weight excluding hydrogens is 331 g/mol. The summed E-state index contributed by atoms with van der Waals surface area (Å²) in [5, 5.41) is 0. The van der Waals surface area contributed by atoms with Crippen molar-refractivity contribution < 1.29 is 13.2 Å². The maximum atomic E-state index is 13.0. The van der Waals surface area contributed by atoms with Crippen LogP contribution in [0.5, 0.6) is 0 Å². The SMILES string of the molecule is Cc1c(Br)cccc1C(N)c1ccccc1C(F)(F)F. The van der Waals surface area contributed by atoms with E-state index < -0.39 is 17.8 Å². The fraction of sp³-hybridized carbons (Fsp3) is 0.200. The molecule has 1 unspecified atom stereocenters. The van der Waals surface area contributed by atoms with E-state index in [1.54, 1.807) is 18.2 Å². The highest BCUT2D eigenvalue weighted by molar-refractivity contribution is 9.10. The molecule has 0 heterocycles. The molecule has 0 bridgehead atoms. The van der Waals surface area contributed by atoms with Crippen molar-refractivity contribution >= 4 is 15.9 Å². The minimum Gasteiger partial charge on any atom is -0.320 e. The van der Waals surface area contributed by atoms with Gasteiger partial charge in [-0.3, -0.25) is 0 Å². The molecule has 0 saturated carbocycles. The molecule has 1 atom stereocenters. The molecule has 0 aliphatic carbocycles. The summed E-state index contributed by atoms with van der Waals surface area (Å²) in [6.07, 6.45) is -4.41. The van der Waals surface area contributed by atoms with E-state index in [2.05, 4.69) is 15.9 Å². The summed E-state index contributed by atoms with van der Waals surface area (Å²) in [7, 11) is 0. The number of halogens is 4. The van der Waals surface area contributed by atoms with Gasteiger partial charge in [0.1, 0.15) is 0 Å². The van der Waals surface area contributed by atoms with E-state index in [1.165, 1.54) is 12.1 Å². The number of hydrogen-bond donors (Lipinski definition) is 1. The van der Waals surface area contributed by atoms with E-state index in [-0.39, 0.29) is 5.56 Å². The van der Waals surface area contributed by atoms with Crippen LogP contribution in [-0.4, -0.2) is 0 Å². The largest absolute Gasteiger partial charge is 0.416 e. The predicted molar refractivity (Wildman–Crippen MR) is 76.4 cm³/mol. The maximum Gasteiger partial charge on any atom is 0.416 e. The Morgan fingerprint density at radius 1 is 1.00 bits per heavy atom. The Labute approximate surface area is 123 Å². The monoisotopic (exact) mass is 343 g/mol. The van der Waals surface area contributed by atoms with Crippen molar-refractivity contribution in [2.24, 2.45) is 5.73 Å². The van der Waals surface area contributed by atoms with Gasteiger partial charge in [0, 0.05) is 4.47 Å². The number of benzene rings is 2. The van der Waals surface area contributed by atoms with Crippen LogP contribution in [0.25, 0.3) is 0 Å². The number of nitrogens with two attached hydrogens (primary N) is 1. The van der Waals surface area contributed by atoms with Gasteiger partial charge in [-0.2, -0.15) is 13.2 Å². The van der Waals surface area contributed by atoms with Crippen molar-refractivity contribution in [3.63, 3.8) is 0 Å². The third-order valence-electron chi connectivity index (χ3n) is 3.25. The van der Waals surface area contributed by atoms with Crippen molar-refractivity contribution in [1.82, 2.24) is 0 Å². The van der Waals surface area contributed by atoms with Gasteiger partial charge >= 0.3 is 6.18 Å². The summed E-state index contributed by atoms with van der Waals surface area (Å²) in [6, 6.07) is 9.95. The second kappa shape index (κ2) is 5.58. The molecule has 0 fully saturated rings. The van der Waals surface area contributed by atoms with E-state index in [0.717, 1.165) is 16.1 Å². The van der Waals surface area contributed by atoms with Gasteiger partial charge in [0.15, 0.2) is 0 Å². The minimum atomic E-state index is -4.41. The molecule has 2 N–H and O–H groups in total. The van der Waals surface area contributed by atoms with E-state index in [1.807, 2.05) is 13.0 Å². The fourth-order valence-corrected chi connectivity index (χ4v) is 2.54. The summed E-state index contributed by atoms with van der Waals surface area (Å²) in [5.74, 6) is 0. The zero-order valence-electron chi connectivity index (χ0n) is 10.7. The molecule has 0 radical (unpaired) electrons. The molecule has 2 rings (SSSR count). The maximum absolute atomic E-state index is 13.0. The van der Waals surface area contributed by atoms with Crippen LogP contribution in [0.2, 0.25) is 0 Å². The molecular formula is C15H13BrF3N. The van der Waals surface area contributed by atoms with E-state index in [4.69, 9.17) is 5.73 Å². The van der Waals surface area contributed by atoms with E-state index in [9.17, 15) is 13.2 Å². The Hall–Kier alpha value is -1.33. The molecule has 2 aromatic carbocycles. The van der Waals surface area contributed by atoms with Crippen molar-refractivity contribution in [2.45, 2.75) is 19.1 Å². The summed E-state index contributed by atoms with van der Waals surface area (Å²) < 4.78 is 39.9. The third-order valence-corrected chi connectivity index (χ3v) is 4.10. The Morgan fingerprint density at radius 3 is 2.25 bits per heavy atom. The van der Waals surface area contributed by atoms with Gasteiger partial charge in [-0.15, -0.1) is 0 Å². The van der Waals surface area contributed by atoms with E-state index in [0.29, 0.717) is 5.56 Å². The standard InChI is InChI=1S/C15H13BrF3N/c1-9-10(6-4-8-13(9)16)14(20)11-5-2-3-7-12(11)15(17,18)19/h2-8,14H,20H2,1H3. The Bertz CT molecular complexity index is 623. The van der Waals surface area contributed by atoms with Crippen LogP contribution >= 0.6 is 15.9 Å². The highest BCUT2D eigenvalue weighted by Crippen LogP contribution is 2.36. The van der Waals surface area contributed by atoms with Gasteiger partial charge in [-0.25, -0.2) is 0 Å². The normalized spacial score (nSPS) is 13.3. The minimum absolute atomic E-state index is 0.0844. The van der Waals surface area contributed by atoms with Crippen molar-refractivity contribution in [2.75, 3.05) is 0 Å². The van der Waals surface area contributed by atoms with Crippen molar-refractivity contribution in [1.29, 1.82) is 0 Å². The summed E-state index contributed by atoms with van der Waals surface area (Å²) in [5.41, 5.74) is 6.98. The first-order valence-corrected chi connectivity index (χ1v) is 6.78. The van der Waals surface area contributed by atoms with Crippen LogP contribution in [0.1, 0.15) is 28.3 Å². The summed E-state index contributed by atoms with van der Waals surface area (Å²) >= 11 is 3.37. The third kappa shape index (κ3) is 2.88. The summed E-state index contributed by atoms with van der Waals surface area (Å²) in [6.45, 7) is 1.83. The number of rotatable bonds is 2. The molecule has 2 aromatic rings. The summed E-state index contributed by atoms with van der Waals surface area (Å²) in [4.78, 5) is 0. The first kappa shape index (κ1) is 15.1. The lowest BCUT2D eigenvalue weighted by Crippen LogP contribution is -2.19. The van der Waals surface area contributed by atoms with Crippen molar-refractivity contribution in [3.05, 3.63) is 69.2 Å². The van der Waals surface area contributed by atoms with Gasteiger partial charge in [-0.1, -0.05) is 46.3 Å². The zero-order valence-corrected chi connectivity index (χ0v) is 12.3. The van der Waals surface area contributed by atoms with Crippen molar-refractivity contribution in [3.8, 4) is 0 Å². The zero-order chi connectivity index (χ0) is 14.9. The molecule has 0 aromatic heterocycles. The Kier molecular flexibility index (Phi) is 4.20. The fourth-order valence-electron chi connectivity index (χ4n) is 2.15. The average molecular weight is 344 g/mol. The second-order valence-corrected chi connectivity index (χ2v) is 5.37. The number of hydrogen-bond acceptors (Lipinski definition) is 1. The van der Waals surface area contributed by atoms with Gasteiger partial charge in [-0.05, 0) is 35.7 Å². The Morgan fingerprint density at radius 2 is 1.60 bits per heavy atom. The highest BCUT2D eigenvalue weighted by atomic mass is 79.9. The van der Waals surface area contributed by atoms with E-state index >= 15 is 0 Å². The molecule has 0 amide bonds. The van der Waals surface area contributed by atoms with Gasteiger partial charge < -0.3 is 5.73 Å². The lowest BCUT2D eigenvalue weighted by molar-refractivity contribution is -0.138. The van der Waals surface area contributed by atoms with Crippen LogP contribution < -0.4 is 5.73 Å². The van der Waals surface area contributed by atoms with Crippen LogP contribution in [0.3, 0.4) is 0 Å². The van der Waals surface area contributed by atoms with Crippen LogP contribution in [0.4, 0.5) is 13.2 Å². The molecule has 0 spiro atoms. The number of alkyl halides is 3. The first-order valence-electron chi connectivity index (χ1n) is 5.99.